The van der Waals surface area contributed by atoms with Crippen LogP contribution in [0.3, 0.4) is 0 Å². The summed E-state index contributed by atoms with van der Waals surface area (Å²) in [6.07, 6.45) is -2.68. The molecule has 0 saturated heterocycles. The average molecular weight is 427 g/mol. The van der Waals surface area contributed by atoms with E-state index in [-0.39, 0.29) is 18.5 Å². The minimum Gasteiger partial charge on any atom is -0.297 e. The van der Waals surface area contributed by atoms with Gasteiger partial charge in [-0.2, -0.15) is 13.2 Å². The normalized spacial score (nSPS) is 12.6. The van der Waals surface area contributed by atoms with Gasteiger partial charge in [-0.25, -0.2) is 13.2 Å². The molecule has 0 bridgehead atoms. The molecule has 0 aromatic heterocycles. The number of anilines is 1. The largest absolute Gasteiger partial charge is 0.482 e. The molecule has 0 spiro atoms. The lowest BCUT2D eigenvalue weighted by Gasteiger charge is -2.17. The number of hydrogen-bond donors (Lipinski definition) is 1. The summed E-state index contributed by atoms with van der Waals surface area (Å²) in [7, 11) is 0. The first-order valence-corrected chi connectivity index (χ1v) is 9.28. The molecular formula is C23H23F6N. The van der Waals surface area contributed by atoms with Gasteiger partial charge in [-0.1, -0.05) is 36.9 Å². The smallest absolute Gasteiger partial charge is 0.297 e. The predicted octanol–water partition coefficient (Wildman–Crippen LogP) is 7.83. The SMILES string of the molecule is C=Cc1cc(/C=C/c2cc(CCC(F)F)cc(C(C)(C)F)c2)cc(NC(F)(F)F)c1. The van der Waals surface area contributed by atoms with Crippen LogP contribution in [-0.4, -0.2) is 12.7 Å². The predicted molar refractivity (Wildman–Crippen MR) is 110 cm³/mol. The highest BCUT2D eigenvalue weighted by atomic mass is 19.4. The molecule has 0 atom stereocenters. The van der Waals surface area contributed by atoms with Crippen molar-refractivity contribution in [3.8, 4) is 0 Å². The van der Waals surface area contributed by atoms with Gasteiger partial charge in [-0.05, 0) is 72.4 Å². The highest BCUT2D eigenvalue weighted by Gasteiger charge is 2.27. The number of nitrogens with one attached hydrogen (secondary N) is 1. The second-order valence-electron chi connectivity index (χ2n) is 7.41. The summed E-state index contributed by atoms with van der Waals surface area (Å²) in [5.74, 6) is 0. The topological polar surface area (TPSA) is 12.0 Å². The maximum Gasteiger partial charge on any atom is 0.482 e. The molecule has 30 heavy (non-hydrogen) atoms. The number of alkyl halides is 6. The second-order valence-corrected chi connectivity index (χ2v) is 7.41. The fourth-order valence-corrected chi connectivity index (χ4v) is 2.90. The van der Waals surface area contributed by atoms with Crippen molar-refractivity contribution in [2.24, 2.45) is 0 Å². The first-order chi connectivity index (χ1) is 13.9. The van der Waals surface area contributed by atoms with Crippen LogP contribution in [0, 0.1) is 0 Å². The van der Waals surface area contributed by atoms with Crippen molar-refractivity contribution in [3.63, 3.8) is 0 Å². The van der Waals surface area contributed by atoms with Gasteiger partial charge in [0.25, 0.3) is 0 Å². The van der Waals surface area contributed by atoms with E-state index < -0.39 is 18.4 Å². The number of hydrogen-bond acceptors (Lipinski definition) is 1. The van der Waals surface area contributed by atoms with Crippen molar-refractivity contribution >= 4 is 23.9 Å². The third kappa shape index (κ3) is 7.61. The van der Waals surface area contributed by atoms with Crippen molar-refractivity contribution in [2.45, 2.75) is 45.1 Å². The summed E-state index contributed by atoms with van der Waals surface area (Å²) in [6.45, 7) is 6.32. The lowest BCUT2D eigenvalue weighted by molar-refractivity contribution is -0.0999. The van der Waals surface area contributed by atoms with Gasteiger partial charge in [0, 0.05) is 12.1 Å². The number of benzene rings is 2. The Hall–Kier alpha value is -2.70. The van der Waals surface area contributed by atoms with Gasteiger partial charge in [-0.15, -0.1) is 0 Å². The highest BCUT2D eigenvalue weighted by Crippen LogP contribution is 2.29. The maximum absolute atomic E-state index is 14.5. The Bertz CT molecular complexity index is 907. The van der Waals surface area contributed by atoms with Gasteiger partial charge in [-0.3, -0.25) is 5.32 Å². The lowest BCUT2D eigenvalue weighted by Crippen LogP contribution is -2.20. The van der Waals surface area contributed by atoms with Crippen LogP contribution in [0.2, 0.25) is 0 Å². The van der Waals surface area contributed by atoms with E-state index in [1.165, 1.54) is 37.4 Å². The van der Waals surface area contributed by atoms with Crippen molar-refractivity contribution in [2.75, 3.05) is 5.32 Å². The van der Waals surface area contributed by atoms with Crippen LogP contribution < -0.4 is 5.32 Å². The molecule has 162 valence electrons. The average Bonchev–Trinajstić information content (AvgIpc) is 2.62. The summed E-state index contributed by atoms with van der Waals surface area (Å²) >= 11 is 0. The third-order valence-corrected chi connectivity index (χ3v) is 4.32. The molecule has 0 saturated carbocycles. The molecule has 0 heterocycles. The minimum atomic E-state index is -4.58. The van der Waals surface area contributed by atoms with Crippen molar-refractivity contribution in [1.29, 1.82) is 0 Å². The van der Waals surface area contributed by atoms with Crippen molar-refractivity contribution in [1.82, 2.24) is 0 Å². The van der Waals surface area contributed by atoms with E-state index in [0.717, 1.165) is 0 Å². The molecule has 0 fully saturated rings. The van der Waals surface area contributed by atoms with Crippen LogP contribution in [0.4, 0.5) is 32.0 Å². The van der Waals surface area contributed by atoms with Crippen LogP contribution in [0.1, 0.15) is 48.1 Å². The Morgan fingerprint density at radius 3 is 2.03 bits per heavy atom. The van der Waals surface area contributed by atoms with Crippen LogP contribution in [0.15, 0.2) is 43.0 Å². The molecule has 1 nitrogen and oxygen atoms in total. The van der Waals surface area contributed by atoms with Gasteiger partial charge in [0.2, 0.25) is 6.43 Å². The first-order valence-electron chi connectivity index (χ1n) is 9.28. The van der Waals surface area contributed by atoms with E-state index >= 15 is 0 Å². The summed E-state index contributed by atoms with van der Waals surface area (Å²) in [5.41, 5.74) is 0.618. The van der Waals surface area contributed by atoms with Gasteiger partial charge in [0.05, 0.1) is 0 Å². The Balaban J connectivity index is 2.39. The van der Waals surface area contributed by atoms with Crippen LogP contribution in [0.5, 0.6) is 0 Å². The van der Waals surface area contributed by atoms with E-state index in [1.807, 2.05) is 0 Å². The number of rotatable bonds is 8. The summed E-state index contributed by atoms with van der Waals surface area (Å²) in [6, 6.07) is 9.09. The molecule has 0 aliphatic heterocycles. The molecule has 0 aliphatic rings. The maximum atomic E-state index is 14.5. The third-order valence-electron chi connectivity index (χ3n) is 4.32. The van der Waals surface area contributed by atoms with Crippen molar-refractivity contribution in [3.05, 3.63) is 70.8 Å². The summed E-state index contributed by atoms with van der Waals surface area (Å²) in [5, 5.41) is 1.46. The van der Waals surface area contributed by atoms with Crippen LogP contribution in [0.25, 0.3) is 18.2 Å². The number of aryl methyl sites for hydroxylation is 1. The fourth-order valence-electron chi connectivity index (χ4n) is 2.90. The Morgan fingerprint density at radius 2 is 1.50 bits per heavy atom. The van der Waals surface area contributed by atoms with Crippen molar-refractivity contribution < 1.29 is 26.3 Å². The Kier molecular flexibility index (Phi) is 7.39. The Labute approximate surface area is 172 Å². The van der Waals surface area contributed by atoms with Gasteiger partial charge in [0.15, 0.2) is 0 Å². The molecule has 0 radical (unpaired) electrons. The molecular weight excluding hydrogens is 404 g/mol. The summed E-state index contributed by atoms with van der Waals surface area (Å²) < 4.78 is 77.5. The van der Waals surface area contributed by atoms with Gasteiger partial charge < -0.3 is 0 Å². The minimum absolute atomic E-state index is 0.0913. The molecule has 7 heteroatoms. The second kappa shape index (κ2) is 9.41. The monoisotopic (exact) mass is 427 g/mol. The fraction of sp³-hybridized carbons (Fsp3) is 0.304. The zero-order valence-electron chi connectivity index (χ0n) is 16.7. The molecule has 2 rings (SSSR count). The zero-order chi connectivity index (χ0) is 22.5. The summed E-state index contributed by atoms with van der Waals surface area (Å²) in [4.78, 5) is 0. The number of halogens is 6. The standard InChI is InChI=1S/C23H23F6N/c1-4-15-9-18(14-20(13-15)30-23(27,28)29)6-5-16-10-17(7-8-21(24)25)12-19(11-16)22(2,3)26/h4-6,9-14,21,30H,1,7-8H2,2-3H3/b6-5+. The Morgan fingerprint density at radius 1 is 0.900 bits per heavy atom. The highest BCUT2D eigenvalue weighted by molar-refractivity contribution is 5.74. The molecule has 0 unspecified atom stereocenters. The van der Waals surface area contributed by atoms with Gasteiger partial charge >= 0.3 is 6.30 Å². The van der Waals surface area contributed by atoms with Gasteiger partial charge in [0.1, 0.15) is 5.67 Å². The molecule has 0 amide bonds. The quantitative estimate of drug-likeness (QED) is 0.257. The van der Waals surface area contributed by atoms with Crippen LogP contribution >= 0.6 is 0 Å². The molecule has 2 aromatic carbocycles. The van der Waals surface area contributed by atoms with E-state index in [2.05, 4.69) is 6.58 Å². The zero-order valence-corrected chi connectivity index (χ0v) is 16.7. The molecule has 1 N–H and O–H groups in total. The van der Waals surface area contributed by atoms with Crippen LogP contribution in [-0.2, 0) is 12.1 Å². The first kappa shape index (κ1) is 23.6. The molecule has 0 aliphatic carbocycles. The van der Waals surface area contributed by atoms with E-state index in [9.17, 15) is 26.3 Å². The lowest BCUT2D eigenvalue weighted by atomic mass is 9.93. The van der Waals surface area contributed by atoms with E-state index in [4.69, 9.17) is 0 Å². The van der Waals surface area contributed by atoms with E-state index in [0.29, 0.717) is 27.8 Å². The molecule has 2 aromatic rings. The van der Waals surface area contributed by atoms with E-state index in [1.54, 1.807) is 36.4 Å².